The molecule has 2 aromatic heterocycles. The fourth-order valence-corrected chi connectivity index (χ4v) is 5.10. The highest BCUT2D eigenvalue weighted by atomic mass is 32.2. The van der Waals surface area contributed by atoms with E-state index in [1.165, 1.54) is 15.4 Å². The number of carbonyl (C=O) groups is 3. The Morgan fingerprint density at radius 1 is 1.23 bits per heavy atom. The van der Waals surface area contributed by atoms with Crippen molar-refractivity contribution >= 4 is 63.8 Å². The minimum Gasteiger partial charge on any atom is -0.481 e. The molecule has 0 unspecified atom stereocenters. The first-order valence-corrected chi connectivity index (χ1v) is 12.2. The summed E-state index contributed by atoms with van der Waals surface area (Å²) in [6.45, 7) is 3.63. The van der Waals surface area contributed by atoms with E-state index in [1.54, 1.807) is 36.2 Å². The van der Waals surface area contributed by atoms with Crippen molar-refractivity contribution in [1.82, 2.24) is 19.2 Å². The highest BCUT2D eigenvalue weighted by molar-refractivity contribution is 8.26. The Balaban J connectivity index is 1.69. The maximum Gasteiger partial charge on any atom is 0.409 e. The summed E-state index contributed by atoms with van der Waals surface area (Å²) in [6.07, 6.45) is 2.45. The number of thiocarbonyl (C=S) groups is 1. The van der Waals surface area contributed by atoms with Crippen LogP contribution in [0.15, 0.2) is 34.1 Å². The van der Waals surface area contributed by atoms with Crippen LogP contribution >= 0.6 is 24.0 Å². The average molecular weight is 518 g/mol. The van der Waals surface area contributed by atoms with Crippen LogP contribution in [-0.4, -0.2) is 85.9 Å². The van der Waals surface area contributed by atoms with E-state index in [2.05, 4.69) is 0 Å². The van der Waals surface area contributed by atoms with Crippen LogP contribution in [0.3, 0.4) is 0 Å². The normalized spacial score (nSPS) is 17.5. The number of anilines is 1. The lowest BCUT2D eigenvalue weighted by molar-refractivity contribution is -0.137. The van der Waals surface area contributed by atoms with Crippen molar-refractivity contribution in [2.45, 2.75) is 13.3 Å². The van der Waals surface area contributed by atoms with Crippen molar-refractivity contribution in [1.29, 1.82) is 0 Å². The third kappa shape index (κ3) is 5.15. The molecule has 1 N–H and O–H groups in total. The van der Waals surface area contributed by atoms with Crippen LogP contribution in [-0.2, 0) is 14.3 Å². The third-order valence-electron chi connectivity index (χ3n) is 5.55. The summed E-state index contributed by atoms with van der Waals surface area (Å²) >= 11 is 6.28. The molecule has 2 aliphatic rings. The number of hydrogen-bond donors (Lipinski definition) is 1. The third-order valence-corrected chi connectivity index (χ3v) is 6.93. The van der Waals surface area contributed by atoms with E-state index in [4.69, 9.17) is 27.0 Å². The van der Waals surface area contributed by atoms with Gasteiger partial charge in [-0.3, -0.25) is 23.7 Å². The lowest BCUT2D eigenvalue weighted by atomic mass is 10.2. The molecule has 0 saturated carbocycles. The van der Waals surface area contributed by atoms with Gasteiger partial charge in [-0.05, 0) is 25.1 Å². The van der Waals surface area contributed by atoms with E-state index in [0.717, 1.165) is 11.8 Å². The monoisotopic (exact) mass is 517 g/mol. The van der Waals surface area contributed by atoms with E-state index in [-0.39, 0.29) is 46.0 Å². The molecule has 11 nitrogen and oxygen atoms in total. The Morgan fingerprint density at radius 2 is 1.97 bits per heavy atom. The highest BCUT2D eigenvalue weighted by Crippen LogP contribution is 2.33. The summed E-state index contributed by atoms with van der Waals surface area (Å²) < 4.78 is 6.71. The number of amides is 2. The number of pyridine rings is 1. The van der Waals surface area contributed by atoms with Gasteiger partial charge >= 0.3 is 12.1 Å². The summed E-state index contributed by atoms with van der Waals surface area (Å²) in [6, 6.07) is 5.20. The number of nitrogens with zero attached hydrogens (tertiary/aromatic N) is 5. The van der Waals surface area contributed by atoms with Gasteiger partial charge in [-0.1, -0.05) is 30.0 Å². The molecule has 35 heavy (non-hydrogen) atoms. The predicted molar refractivity (Wildman–Crippen MR) is 134 cm³/mol. The average Bonchev–Trinajstić information content (AvgIpc) is 3.11. The van der Waals surface area contributed by atoms with Gasteiger partial charge in [-0.2, -0.15) is 0 Å². The summed E-state index contributed by atoms with van der Waals surface area (Å²) in [5.74, 6) is -1.08. The SMILES string of the molecule is CCOC(=O)N1CCN(c2nc3ccccn3c(=O)c2/C=C2/SC(=S)N(CCC(=O)O)C2=O)CC1. The van der Waals surface area contributed by atoms with Crippen molar-refractivity contribution < 1.29 is 24.2 Å². The topological polar surface area (TPSA) is 125 Å². The van der Waals surface area contributed by atoms with Crippen LogP contribution in [0.2, 0.25) is 0 Å². The zero-order chi connectivity index (χ0) is 25.1. The van der Waals surface area contributed by atoms with Gasteiger partial charge in [-0.25, -0.2) is 9.78 Å². The van der Waals surface area contributed by atoms with Crippen LogP contribution in [0.4, 0.5) is 10.6 Å². The Kier molecular flexibility index (Phi) is 7.36. The van der Waals surface area contributed by atoms with Crippen LogP contribution in [0.25, 0.3) is 11.7 Å². The summed E-state index contributed by atoms with van der Waals surface area (Å²) in [4.78, 5) is 59.0. The van der Waals surface area contributed by atoms with E-state index < -0.39 is 11.9 Å². The van der Waals surface area contributed by atoms with Gasteiger partial charge in [0.05, 0.1) is 23.5 Å². The number of aliphatic carboxylic acids is 1. The van der Waals surface area contributed by atoms with E-state index >= 15 is 0 Å². The van der Waals surface area contributed by atoms with Crippen molar-refractivity contribution in [3.63, 3.8) is 0 Å². The minimum absolute atomic E-state index is 0.0467. The summed E-state index contributed by atoms with van der Waals surface area (Å²) in [7, 11) is 0. The number of thioether (sulfide) groups is 1. The molecule has 2 aliphatic heterocycles. The van der Waals surface area contributed by atoms with Gasteiger partial charge in [0.15, 0.2) is 0 Å². The number of ether oxygens (including phenoxy) is 1. The minimum atomic E-state index is -1.04. The Labute approximate surface area is 210 Å². The standard InChI is InChI=1S/C22H23N5O6S2/c1-2-33-21(32)25-11-9-24(10-12-25)18-14(19(30)26-7-4-3-5-16(26)23-18)13-15-20(31)27(22(34)35-15)8-6-17(28)29/h3-5,7,13H,2,6,8-12H2,1H3,(H,28,29)/b15-13+. The highest BCUT2D eigenvalue weighted by Gasteiger charge is 2.33. The molecule has 2 amide bonds. The molecule has 2 fully saturated rings. The zero-order valence-electron chi connectivity index (χ0n) is 18.9. The molecular weight excluding hydrogens is 494 g/mol. The molecule has 0 bridgehead atoms. The van der Waals surface area contributed by atoms with Gasteiger partial charge in [0.25, 0.3) is 11.5 Å². The fourth-order valence-electron chi connectivity index (χ4n) is 3.81. The number of rotatable bonds is 6. The molecule has 4 heterocycles. The van der Waals surface area contributed by atoms with Crippen LogP contribution in [0.1, 0.15) is 18.9 Å². The van der Waals surface area contributed by atoms with Crippen molar-refractivity contribution in [3.8, 4) is 0 Å². The van der Waals surface area contributed by atoms with Crippen molar-refractivity contribution in [2.24, 2.45) is 0 Å². The van der Waals surface area contributed by atoms with Gasteiger partial charge in [-0.15, -0.1) is 0 Å². The van der Waals surface area contributed by atoms with Crippen molar-refractivity contribution in [3.05, 3.63) is 45.2 Å². The number of carbonyl (C=O) groups excluding carboxylic acids is 2. The maximum atomic E-state index is 13.4. The quantitative estimate of drug-likeness (QED) is 0.447. The van der Waals surface area contributed by atoms with Gasteiger partial charge in [0.2, 0.25) is 0 Å². The molecule has 2 saturated heterocycles. The summed E-state index contributed by atoms with van der Waals surface area (Å²) in [5, 5.41) is 8.96. The molecule has 0 aromatic carbocycles. The number of piperazine rings is 1. The second-order valence-corrected chi connectivity index (χ2v) is 9.41. The number of aromatic nitrogens is 2. The number of fused-ring (bicyclic) bond motifs is 1. The molecule has 0 atom stereocenters. The first-order valence-electron chi connectivity index (χ1n) is 11.0. The van der Waals surface area contributed by atoms with Gasteiger partial charge < -0.3 is 19.6 Å². The van der Waals surface area contributed by atoms with Crippen LogP contribution in [0.5, 0.6) is 0 Å². The molecule has 13 heteroatoms. The van der Waals surface area contributed by atoms with Crippen molar-refractivity contribution in [2.75, 3.05) is 44.2 Å². The lowest BCUT2D eigenvalue weighted by Gasteiger charge is -2.35. The maximum absolute atomic E-state index is 13.4. The first kappa shape index (κ1) is 24.7. The van der Waals surface area contributed by atoms with E-state index in [1.807, 2.05) is 4.90 Å². The summed E-state index contributed by atoms with van der Waals surface area (Å²) in [5.41, 5.74) is 0.317. The van der Waals surface area contributed by atoms with Gasteiger partial charge in [0, 0.05) is 38.9 Å². The Hall–Kier alpha value is -3.45. The Bertz CT molecular complexity index is 1280. The molecule has 0 spiro atoms. The first-order chi connectivity index (χ1) is 16.8. The fraction of sp³-hybridized carbons (Fsp3) is 0.364. The van der Waals surface area contributed by atoms with Crippen LogP contribution < -0.4 is 10.5 Å². The number of carboxylic acids is 1. The zero-order valence-corrected chi connectivity index (χ0v) is 20.5. The van der Waals surface area contributed by atoms with E-state index in [9.17, 15) is 19.2 Å². The van der Waals surface area contributed by atoms with E-state index in [0.29, 0.717) is 37.6 Å². The molecule has 0 radical (unpaired) electrons. The number of carboxylic acid groups (broad SMARTS) is 1. The molecule has 0 aliphatic carbocycles. The number of hydrogen-bond acceptors (Lipinski definition) is 9. The van der Waals surface area contributed by atoms with Gasteiger partial charge in [0.1, 0.15) is 15.8 Å². The Morgan fingerprint density at radius 3 is 2.66 bits per heavy atom. The second kappa shape index (κ2) is 10.4. The largest absolute Gasteiger partial charge is 0.481 e. The van der Waals surface area contributed by atoms with Crippen LogP contribution in [0, 0.1) is 0 Å². The molecule has 184 valence electrons. The molecule has 2 aromatic rings. The smallest absolute Gasteiger partial charge is 0.409 e. The second-order valence-electron chi connectivity index (χ2n) is 7.73. The molecule has 4 rings (SSSR count). The lowest BCUT2D eigenvalue weighted by Crippen LogP contribution is -2.49. The molecular formula is C22H23N5O6S2. The predicted octanol–water partition coefficient (Wildman–Crippen LogP) is 1.65.